The van der Waals surface area contributed by atoms with Gasteiger partial charge >= 0.3 is 0 Å². The van der Waals surface area contributed by atoms with E-state index in [-0.39, 0.29) is 6.15 Å². The number of rotatable bonds is 18. The largest absolute Gasteiger partial charge is 0.396 e. The van der Waals surface area contributed by atoms with Crippen LogP contribution in [-0.2, 0) is 0 Å². The molecule has 1 unspecified atom stereocenters. The van der Waals surface area contributed by atoms with E-state index in [1.807, 2.05) is 0 Å². The third kappa shape index (κ3) is 19.2. The number of hydrogen-bond acceptors (Lipinski definition) is 2. The second kappa shape index (κ2) is 19.4. The second-order valence-electron chi connectivity index (χ2n) is 8.16. The maximum atomic E-state index is 9.21. The van der Waals surface area contributed by atoms with Gasteiger partial charge in [0.25, 0.3) is 0 Å². The highest BCUT2D eigenvalue weighted by molar-refractivity contribution is 14.1. The summed E-state index contributed by atoms with van der Waals surface area (Å²) in [6.07, 6.45) is 22.2. The smallest absolute Gasteiger partial charge is 0.0434 e. The van der Waals surface area contributed by atoms with E-state index in [4.69, 9.17) is 0 Å². The van der Waals surface area contributed by atoms with Gasteiger partial charge in [0, 0.05) is 10.0 Å². The Morgan fingerprint density at radius 3 is 1.36 bits per heavy atom. The van der Waals surface area contributed by atoms with Gasteiger partial charge in [-0.3, -0.25) is 0 Å². The van der Waals surface area contributed by atoms with Crippen LogP contribution in [0.4, 0.5) is 0 Å². The minimum absolute atomic E-state index is 0. The first kappa shape index (κ1) is 27.9. The molecule has 0 aliphatic carbocycles. The summed E-state index contributed by atoms with van der Waals surface area (Å²) in [5.41, 5.74) is 0. The van der Waals surface area contributed by atoms with Gasteiger partial charge in [0.05, 0.1) is 0 Å². The van der Waals surface area contributed by atoms with Crippen molar-refractivity contribution in [3.63, 3.8) is 0 Å². The first-order valence-electron chi connectivity index (χ1n) is 10.8. The second-order valence-corrected chi connectivity index (χ2v) is 10.9. The van der Waals surface area contributed by atoms with Crippen LogP contribution in [0.2, 0.25) is 0 Å². The lowest BCUT2D eigenvalue weighted by molar-refractivity contribution is 0.235. The molecule has 0 aliphatic rings. The molecule has 0 aromatic rings. The van der Waals surface area contributed by atoms with Gasteiger partial charge in [-0.15, -0.1) is 0 Å². The maximum absolute atomic E-state index is 9.21. The number of unbranched alkanes of at least 4 members (excludes halogenated alkanes) is 13. The van der Waals surface area contributed by atoms with E-state index in [1.54, 1.807) is 0 Å². The highest BCUT2D eigenvalue weighted by Gasteiger charge is 2.25. The Morgan fingerprint density at radius 2 is 1.04 bits per heavy atom. The number of halogens is 1. The van der Waals surface area contributed by atoms with Gasteiger partial charge in [-0.05, 0) is 18.8 Å². The Labute approximate surface area is 173 Å². The zero-order valence-corrected chi connectivity index (χ0v) is 19.8. The molecule has 0 saturated carbocycles. The fourth-order valence-corrected chi connectivity index (χ4v) is 4.19. The van der Waals surface area contributed by atoms with Crippen molar-refractivity contribution in [3.05, 3.63) is 0 Å². The standard InChI is InChI=1S/C22H45IO.H3N/c1-4-5-6-7-8-9-10-11-12-13-14-15-16-17-18-21(19-20-24)22(2,3)23;/h21,24H,4-20H2,1-3H3;1H3. The van der Waals surface area contributed by atoms with Crippen LogP contribution < -0.4 is 6.15 Å². The van der Waals surface area contributed by atoms with Gasteiger partial charge in [-0.25, -0.2) is 0 Å². The molecular weight excluding hydrogens is 421 g/mol. The number of alkyl halides is 1. The Hall–Kier alpha value is 0.650. The average Bonchev–Trinajstić information content (AvgIpc) is 2.53. The molecule has 0 aromatic carbocycles. The van der Waals surface area contributed by atoms with Gasteiger partial charge in [0.2, 0.25) is 0 Å². The van der Waals surface area contributed by atoms with E-state index in [1.165, 1.54) is 96.3 Å². The molecule has 0 saturated heterocycles. The summed E-state index contributed by atoms with van der Waals surface area (Å²) in [6, 6.07) is 0. The number of aliphatic hydroxyl groups excluding tert-OH is 1. The van der Waals surface area contributed by atoms with Crippen LogP contribution in [0.25, 0.3) is 0 Å². The monoisotopic (exact) mass is 469 g/mol. The lowest BCUT2D eigenvalue weighted by Gasteiger charge is -2.28. The number of hydrogen-bond donors (Lipinski definition) is 2. The summed E-state index contributed by atoms with van der Waals surface area (Å²) in [5, 5.41) is 9.21. The fourth-order valence-electron chi connectivity index (χ4n) is 3.57. The average molecular weight is 470 g/mol. The highest BCUT2D eigenvalue weighted by atomic mass is 127. The first-order valence-corrected chi connectivity index (χ1v) is 11.9. The molecule has 154 valence electrons. The van der Waals surface area contributed by atoms with Gasteiger partial charge < -0.3 is 11.3 Å². The van der Waals surface area contributed by atoms with Crippen molar-refractivity contribution in [1.29, 1.82) is 0 Å². The van der Waals surface area contributed by atoms with E-state index in [0.717, 1.165) is 6.42 Å². The molecule has 3 heteroatoms. The number of aliphatic hydroxyl groups is 1. The molecule has 2 nitrogen and oxygen atoms in total. The molecule has 0 radical (unpaired) electrons. The van der Waals surface area contributed by atoms with Crippen LogP contribution >= 0.6 is 22.6 Å². The third-order valence-electron chi connectivity index (χ3n) is 5.35. The molecular formula is C22H48INO. The van der Waals surface area contributed by atoms with Crippen LogP contribution in [0, 0.1) is 5.92 Å². The van der Waals surface area contributed by atoms with Crippen molar-refractivity contribution in [2.75, 3.05) is 6.61 Å². The third-order valence-corrected chi connectivity index (χ3v) is 6.24. The van der Waals surface area contributed by atoms with Crippen molar-refractivity contribution >= 4 is 22.6 Å². The van der Waals surface area contributed by atoms with Gasteiger partial charge in [0.1, 0.15) is 0 Å². The maximum Gasteiger partial charge on any atom is 0.0434 e. The van der Waals surface area contributed by atoms with Crippen LogP contribution in [0.15, 0.2) is 0 Å². The van der Waals surface area contributed by atoms with E-state index in [2.05, 4.69) is 43.4 Å². The molecule has 0 aliphatic heterocycles. The Kier molecular flexibility index (Phi) is 21.6. The van der Waals surface area contributed by atoms with Crippen molar-refractivity contribution in [2.45, 2.75) is 127 Å². The first-order chi connectivity index (χ1) is 11.5. The summed E-state index contributed by atoms with van der Waals surface area (Å²) >= 11 is 2.55. The Balaban J connectivity index is 0. The Bertz CT molecular complexity index is 253. The zero-order chi connectivity index (χ0) is 18.1. The summed E-state index contributed by atoms with van der Waals surface area (Å²) in [5.74, 6) is 0.667. The van der Waals surface area contributed by atoms with Crippen LogP contribution in [0.1, 0.15) is 124 Å². The van der Waals surface area contributed by atoms with Crippen molar-refractivity contribution in [1.82, 2.24) is 6.15 Å². The lowest BCUT2D eigenvalue weighted by Crippen LogP contribution is -2.24. The van der Waals surface area contributed by atoms with E-state index < -0.39 is 0 Å². The predicted molar refractivity (Wildman–Crippen MR) is 123 cm³/mol. The predicted octanol–water partition coefficient (Wildman–Crippen LogP) is 8.23. The molecule has 1 atom stereocenters. The molecule has 0 amide bonds. The highest BCUT2D eigenvalue weighted by Crippen LogP contribution is 2.33. The normalized spacial score (nSPS) is 12.8. The quantitative estimate of drug-likeness (QED) is 0.121. The molecule has 0 spiro atoms. The summed E-state index contributed by atoms with van der Waals surface area (Å²) in [4.78, 5) is 0. The zero-order valence-electron chi connectivity index (χ0n) is 17.6. The molecule has 4 N–H and O–H groups in total. The van der Waals surface area contributed by atoms with Crippen molar-refractivity contribution in [3.8, 4) is 0 Å². The topological polar surface area (TPSA) is 55.2 Å². The minimum atomic E-state index is 0. The molecule has 0 heterocycles. The van der Waals surface area contributed by atoms with Crippen LogP contribution in [-0.4, -0.2) is 15.1 Å². The molecule has 0 fully saturated rings. The molecule has 0 rings (SSSR count). The van der Waals surface area contributed by atoms with E-state index in [9.17, 15) is 5.11 Å². The van der Waals surface area contributed by atoms with Crippen LogP contribution in [0.3, 0.4) is 0 Å². The summed E-state index contributed by atoms with van der Waals surface area (Å²) < 4.78 is 0.316. The SMILES string of the molecule is CCCCCCCCCCCCCCCCC(CCO)C(C)(C)I.N. The van der Waals surface area contributed by atoms with Crippen LogP contribution in [0.5, 0.6) is 0 Å². The molecule has 25 heavy (non-hydrogen) atoms. The van der Waals surface area contributed by atoms with Crippen molar-refractivity contribution in [2.24, 2.45) is 5.92 Å². The summed E-state index contributed by atoms with van der Waals surface area (Å²) in [7, 11) is 0. The van der Waals surface area contributed by atoms with Crippen molar-refractivity contribution < 1.29 is 5.11 Å². The molecule has 0 bridgehead atoms. The Morgan fingerprint density at radius 1 is 0.680 bits per heavy atom. The van der Waals surface area contributed by atoms with E-state index in [0.29, 0.717) is 15.9 Å². The van der Waals surface area contributed by atoms with Gasteiger partial charge in [-0.1, -0.05) is 133 Å². The summed E-state index contributed by atoms with van der Waals surface area (Å²) in [6.45, 7) is 7.24. The molecule has 0 aromatic heterocycles. The van der Waals surface area contributed by atoms with Gasteiger partial charge in [-0.2, -0.15) is 0 Å². The lowest BCUT2D eigenvalue weighted by atomic mass is 9.87. The fraction of sp³-hybridized carbons (Fsp3) is 1.00. The van der Waals surface area contributed by atoms with Gasteiger partial charge in [0.15, 0.2) is 0 Å². The minimum Gasteiger partial charge on any atom is -0.396 e. The van der Waals surface area contributed by atoms with E-state index >= 15 is 0 Å².